The fourth-order valence-corrected chi connectivity index (χ4v) is 2.06. The van der Waals surface area contributed by atoms with Crippen LogP contribution in [0.3, 0.4) is 0 Å². The summed E-state index contributed by atoms with van der Waals surface area (Å²) in [6.45, 7) is 5.24. The molecule has 0 saturated heterocycles. The van der Waals surface area contributed by atoms with Crippen LogP contribution in [-0.4, -0.2) is 35.0 Å². The van der Waals surface area contributed by atoms with Crippen molar-refractivity contribution in [1.29, 1.82) is 0 Å². The predicted molar refractivity (Wildman–Crippen MR) is 87.4 cm³/mol. The number of carbonyl (C=O) groups excluding carboxylic acids is 2. The highest BCUT2D eigenvalue weighted by atomic mass is 35.5. The molecule has 0 aromatic heterocycles. The molecule has 7 heteroatoms. The van der Waals surface area contributed by atoms with E-state index < -0.39 is 29.9 Å². The molecule has 1 aromatic carbocycles. The Labute approximate surface area is 140 Å². The minimum atomic E-state index is -1.09. The zero-order valence-electron chi connectivity index (χ0n) is 13.3. The van der Waals surface area contributed by atoms with Gasteiger partial charge >= 0.3 is 5.97 Å². The van der Waals surface area contributed by atoms with Crippen LogP contribution in [0.25, 0.3) is 0 Å². The molecule has 6 nitrogen and oxygen atoms in total. The summed E-state index contributed by atoms with van der Waals surface area (Å²) < 4.78 is 0. The van der Waals surface area contributed by atoms with Crippen molar-refractivity contribution in [3.05, 3.63) is 34.9 Å². The first-order valence-electron chi connectivity index (χ1n) is 7.30. The molecular formula is C16H21ClN2O4. The number of benzene rings is 1. The molecule has 3 N–H and O–H groups in total. The first kappa shape index (κ1) is 19.0. The van der Waals surface area contributed by atoms with E-state index in [0.29, 0.717) is 17.0 Å². The van der Waals surface area contributed by atoms with Gasteiger partial charge in [0.25, 0.3) is 5.91 Å². The van der Waals surface area contributed by atoms with Crippen molar-refractivity contribution >= 4 is 29.4 Å². The van der Waals surface area contributed by atoms with Crippen LogP contribution in [0.1, 0.15) is 37.6 Å². The summed E-state index contributed by atoms with van der Waals surface area (Å²) in [6.07, 6.45) is 0.318. The highest BCUT2D eigenvalue weighted by Crippen LogP contribution is 2.10. The van der Waals surface area contributed by atoms with Crippen molar-refractivity contribution in [2.45, 2.75) is 39.3 Å². The van der Waals surface area contributed by atoms with Crippen molar-refractivity contribution in [3.8, 4) is 0 Å². The van der Waals surface area contributed by atoms with Crippen molar-refractivity contribution in [2.75, 3.05) is 0 Å². The maximum atomic E-state index is 12.1. The van der Waals surface area contributed by atoms with E-state index in [-0.39, 0.29) is 5.92 Å². The van der Waals surface area contributed by atoms with E-state index in [0.717, 1.165) is 0 Å². The van der Waals surface area contributed by atoms with E-state index in [1.807, 2.05) is 13.8 Å². The van der Waals surface area contributed by atoms with Gasteiger partial charge in [-0.15, -0.1) is 0 Å². The topological polar surface area (TPSA) is 95.5 Å². The molecule has 0 radical (unpaired) electrons. The third-order valence-corrected chi connectivity index (χ3v) is 3.42. The number of halogens is 1. The van der Waals surface area contributed by atoms with Crippen LogP contribution in [0.15, 0.2) is 24.3 Å². The van der Waals surface area contributed by atoms with Gasteiger partial charge in [0, 0.05) is 10.6 Å². The molecule has 23 heavy (non-hydrogen) atoms. The highest BCUT2D eigenvalue weighted by molar-refractivity contribution is 6.30. The summed E-state index contributed by atoms with van der Waals surface area (Å²) in [5.74, 6) is -1.95. The molecule has 2 atom stereocenters. The Kier molecular flexibility index (Phi) is 7.03. The Balaban J connectivity index is 2.63. The lowest BCUT2D eigenvalue weighted by Crippen LogP contribution is -2.50. The number of carboxylic acid groups (broad SMARTS) is 1. The first-order chi connectivity index (χ1) is 10.7. The molecule has 0 saturated carbocycles. The Morgan fingerprint density at radius 2 is 1.65 bits per heavy atom. The molecule has 2 amide bonds. The SMILES string of the molecule is CC(C)CC(NC(=O)C(C)NC(=O)c1ccc(Cl)cc1)C(=O)O. The van der Waals surface area contributed by atoms with Crippen molar-refractivity contribution in [1.82, 2.24) is 10.6 Å². The van der Waals surface area contributed by atoms with Gasteiger partial charge in [-0.3, -0.25) is 9.59 Å². The van der Waals surface area contributed by atoms with Gasteiger partial charge in [0.15, 0.2) is 0 Å². The van der Waals surface area contributed by atoms with Gasteiger partial charge in [0.05, 0.1) is 0 Å². The molecule has 1 aromatic rings. The van der Waals surface area contributed by atoms with E-state index in [1.54, 1.807) is 24.3 Å². The number of hydrogen-bond acceptors (Lipinski definition) is 3. The van der Waals surface area contributed by atoms with E-state index in [2.05, 4.69) is 10.6 Å². The molecule has 2 unspecified atom stereocenters. The van der Waals surface area contributed by atoms with Gasteiger partial charge in [0.2, 0.25) is 5.91 Å². The summed E-state index contributed by atoms with van der Waals surface area (Å²) >= 11 is 5.75. The Morgan fingerprint density at radius 3 is 2.13 bits per heavy atom. The molecule has 0 aliphatic heterocycles. The number of rotatable bonds is 7. The molecule has 0 fully saturated rings. The average molecular weight is 341 g/mol. The lowest BCUT2D eigenvalue weighted by atomic mass is 10.0. The van der Waals surface area contributed by atoms with Crippen molar-refractivity contribution in [2.24, 2.45) is 5.92 Å². The summed E-state index contributed by atoms with van der Waals surface area (Å²) in [7, 11) is 0. The number of hydrogen-bond donors (Lipinski definition) is 3. The van der Waals surface area contributed by atoms with E-state index in [9.17, 15) is 14.4 Å². The number of aliphatic carboxylic acids is 1. The monoisotopic (exact) mass is 340 g/mol. The van der Waals surface area contributed by atoms with Gasteiger partial charge in [-0.2, -0.15) is 0 Å². The van der Waals surface area contributed by atoms with Crippen LogP contribution in [0.5, 0.6) is 0 Å². The molecule has 0 bridgehead atoms. The normalized spacial score (nSPS) is 13.3. The quantitative estimate of drug-likeness (QED) is 0.708. The zero-order chi connectivity index (χ0) is 17.6. The van der Waals surface area contributed by atoms with E-state index >= 15 is 0 Å². The van der Waals surface area contributed by atoms with Gasteiger partial charge in [-0.05, 0) is 43.5 Å². The summed E-state index contributed by atoms with van der Waals surface area (Å²) in [4.78, 5) is 35.2. The van der Waals surface area contributed by atoms with Gasteiger partial charge < -0.3 is 15.7 Å². The Hall–Kier alpha value is -2.08. The smallest absolute Gasteiger partial charge is 0.326 e. The van der Waals surface area contributed by atoms with Crippen LogP contribution in [0.2, 0.25) is 5.02 Å². The molecule has 1 rings (SSSR count). The minimum absolute atomic E-state index is 0.121. The second kappa shape index (κ2) is 8.53. The highest BCUT2D eigenvalue weighted by Gasteiger charge is 2.24. The Bertz CT molecular complexity index is 572. The summed E-state index contributed by atoms with van der Waals surface area (Å²) in [5.41, 5.74) is 0.367. The maximum absolute atomic E-state index is 12.1. The molecular weight excluding hydrogens is 320 g/mol. The predicted octanol–water partition coefficient (Wildman–Crippen LogP) is 2.07. The standard InChI is InChI=1S/C16H21ClN2O4/c1-9(2)8-13(16(22)23)19-14(20)10(3)18-15(21)11-4-6-12(17)7-5-11/h4-7,9-10,13H,8H2,1-3H3,(H,18,21)(H,19,20)(H,22,23). The maximum Gasteiger partial charge on any atom is 0.326 e. The van der Waals surface area contributed by atoms with Crippen LogP contribution in [0, 0.1) is 5.92 Å². The second-order valence-electron chi connectivity index (χ2n) is 5.73. The Morgan fingerprint density at radius 1 is 1.09 bits per heavy atom. The number of carbonyl (C=O) groups is 3. The van der Waals surface area contributed by atoms with Crippen molar-refractivity contribution in [3.63, 3.8) is 0 Å². The number of amides is 2. The molecule has 126 valence electrons. The van der Waals surface area contributed by atoms with Crippen LogP contribution in [-0.2, 0) is 9.59 Å². The van der Waals surface area contributed by atoms with Crippen LogP contribution < -0.4 is 10.6 Å². The van der Waals surface area contributed by atoms with Crippen molar-refractivity contribution < 1.29 is 19.5 Å². The van der Waals surface area contributed by atoms with E-state index in [4.69, 9.17) is 16.7 Å². The lowest BCUT2D eigenvalue weighted by Gasteiger charge is -2.20. The molecule has 0 aliphatic rings. The fraction of sp³-hybridized carbons (Fsp3) is 0.438. The van der Waals surface area contributed by atoms with Gasteiger partial charge in [0.1, 0.15) is 12.1 Å². The third-order valence-electron chi connectivity index (χ3n) is 3.17. The number of nitrogens with one attached hydrogen (secondary N) is 2. The summed E-state index contributed by atoms with van der Waals surface area (Å²) in [6, 6.07) is 4.40. The molecule has 0 spiro atoms. The number of carboxylic acids is 1. The fourth-order valence-electron chi connectivity index (χ4n) is 1.94. The first-order valence-corrected chi connectivity index (χ1v) is 7.68. The van der Waals surface area contributed by atoms with Crippen LogP contribution >= 0.6 is 11.6 Å². The van der Waals surface area contributed by atoms with Gasteiger partial charge in [-0.1, -0.05) is 25.4 Å². The molecule has 0 aliphatic carbocycles. The van der Waals surface area contributed by atoms with Crippen LogP contribution in [0.4, 0.5) is 0 Å². The lowest BCUT2D eigenvalue weighted by molar-refractivity contribution is -0.142. The third kappa shape index (κ3) is 6.28. The van der Waals surface area contributed by atoms with E-state index in [1.165, 1.54) is 6.92 Å². The minimum Gasteiger partial charge on any atom is -0.480 e. The average Bonchev–Trinajstić information content (AvgIpc) is 2.46. The zero-order valence-corrected chi connectivity index (χ0v) is 14.1. The van der Waals surface area contributed by atoms with Gasteiger partial charge in [-0.25, -0.2) is 4.79 Å². The molecule has 0 heterocycles. The largest absolute Gasteiger partial charge is 0.480 e. The second-order valence-corrected chi connectivity index (χ2v) is 6.17. The summed E-state index contributed by atoms with van der Waals surface area (Å²) in [5, 5.41) is 14.6.